The van der Waals surface area contributed by atoms with Crippen molar-refractivity contribution in [3.63, 3.8) is 0 Å². The van der Waals surface area contributed by atoms with Crippen LogP contribution in [0.2, 0.25) is 0 Å². The van der Waals surface area contributed by atoms with E-state index in [1.807, 2.05) is 7.05 Å². The standard InChI is InChI=1S/C21H45N7O2S/c1-21(2)13-28(14-21)16-7-8-25-19(9-16)26-12-17(11-23)31(29,30)27-18-6-4-5-15(10-22)20(18)24-3/h15-20,24-27H,4-14,22-23H2,1-3H3. The lowest BCUT2D eigenvalue weighted by atomic mass is 9.81. The van der Waals surface area contributed by atoms with Gasteiger partial charge in [0, 0.05) is 44.3 Å². The Morgan fingerprint density at radius 2 is 1.94 bits per heavy atom. The normalized spacial score (nSPS) is 35.5. The van der Waals surface area contributed by atoms with Crippen molar-refractivity contribution in [3.05, 3.63) is 0 Å². The maximum absolute atomic E-state index is 13.1. The molecule has 6 unspecified atom stereocenters. The lowest BCUT2D eigenvalue weighted by Crippen LogP contribution is -2.62. The monoisotopic (exact) mass is 459 g/mol. The fourth-order valence-corrected chi connectivity index (χ4v) is 7.17. The molecule has 1 saturated carbocycles. The van der Waals surface area contributed by atoms with E-state index < -0.39 is 15.3 Å². The molecule has 3 aliphatic rings. The van der Waals surface area contributed by atoms with Crippen LogP contribution in [0, 0.1) is 11.3 Å². The summed E-state index contributed by atoms with van der Waals surface area (Å²) in [6, 6.07) is 0.476. The third kappa shape index (κ3) is 6.38. The van der Waals surface area contributed by atoms with E-state index in [0.717, 1.165) is 51.7 Å². The average molecular weight is 460 g/mol. The van der Waals surface area contributed by atoms with Gasteiger partial charge in [-0.1, -0.05) is 20.3 Å². The topological polar surface area (TPSA) is 138 Å². The minimum absolute atomic E-state index is 0.0569. The van der Waals surface area contributed by atoms with Crippen molar-refractivity contribution < 1.29 is 8.42 Å². The fraction of sp³-hybridized carbons (Fsp3) is 1.00. The third-order valence-corrected chi connectivity index (χ3v) is 9.30. The van der Waals surface area contributed by atoms with Gasteiger partial charge in [0.05, 0.1) is 6.17 Å². The van der Waals surface area contributed by atoms with E-state index in [9.17, 15) is 8.42 Å². The predicted octanol–water partition coefficient (Wildman–Crippen LogP) is -1.04. The summed E-state index contributed by atoms with van der Waals surface area (Å²) in [6.45, 7) is 8.86. The van der Waals surface area contributed by atoms with Gasteiger partial charge in [0.15, 0.2) is 0 Å². The molecule has 2 heterocycles. The summed E-state index contributed by atoms with van der Waals surface area (Å²) in [4.78, 5) is 2.56. The van der Waals surface area contributed by atoms with E-state index in [-0.39, 0.29) is 30.7 Å². The van der Waals surface area contributed by atoms with E-state index in [0.29, 0.717) is 24.5 Å². The van der Waals surface area contributed by atoms with Crippen LogP contribution in [0.3, 0.4) is 0 Å². The van der Waals surface area contributed by atoms with Crippen molar-refractivity contribution in [1.29, 1.82) is 0 Å². The number of sulfonamides is 1. The summed E-state index contributed by atoms with van der Waals surface area (Å²) < 4.78 is 29.2. The Kier molecular flexibility index (Phi) is 8.76. The molecular formula is C21H45N7O2S. The zero-order chi connectivity index (χ0) is 22.6. The van der Waals surface area contributed by atoms with Crippen LogP contribution in [0.15, 0.2) is 0 Å². The van der Waals surface area contributed by atoms with Crippen molar-refractivity contribution in [3.8, 4) is 0 Å². The summed E-state index contributed by atoms with van der Waals surface area (Å²) >= 11 is 0. The molecule has 2 aliphatic heterocycles. The van der Waals surface area contributed by atoms with Gasteiger partial charge in [0.2, 0.25) is 10.0 Å². The highest BCUT2D eigenvalue weighted by Crippen LogP contribution is 2.33. The first-order valence-corrected chi connectivity index (χ1v) is 13.5. The summed E-state index contributed by atoms with van der Waals surface area (Å²) in [5, 5.41) is 9.56. The lowest BCUT2D eigenvalue weighted by Gasteiger charge is -2.52. The molecule has 0 aromatic heterocycles. The second-order valence-corrected chi connectivity index (χ2v) is 12.5. The quantitative estimate of drug-likeness (QED) is 0.244. The van der Waals surface area contributed by atoms with E-state index in [1.165, 1.54) is 0 Å². The average Bonchev–Trinajstić information content (AvgIpc) is 2.71. The van der Waals surface area contributed by atoms with Gasteiger partial charge in [0.1, 0.15) is 5.25 Å². The maximum Gasteiger partial charge on any atom is 0.217 e. The van der Waals surface area contributed by atoms with Gasteiger partial charge in [-0.3, -0.25) is 4.90 Å². The van der Waals surface area contributed by atoms with Crippen LogP contribution >= 0.6 is 0 Å². The molecule has 2 saturated heterocycles. The molecule has 0 aromatic carbocycles. The Hall–Kier alpha value is -0.330. The molecule has 3 fully saturated rings. The predicted molar refractivity (Wildman–Crippen MR) is 126 cm³/mol. The highest BCUT2D eigenvalue weighted by atomic mass is 32.2. The number of likely N-dealkylation sites (N-methyl/N-ethyl adjacent to an activating group) is 1. The highest BCUT2D eigenvalue weighted by Gasteiger charge is 2.40. The van der Waals surface area contributed by atoms with Gasteiger partial charge in [-0.2, -0.15) is 0 Å². The van der Waals surface area contributed by atoms with Crippen LogP contribution in [0.5, 0.6) is 0 Å². The van der Waals surface area contributed by atoms with E-state index in [2.05, 4.69) is 39.4 Å². The molecule has 9 nitrogen and oxygen atoms in total. The van der Waals surface area contributed by atoms with Crippen molar-refractivity contribution in [1.82, 2.24) is 25.6 Å². The Labute approximate surface area is 188 Å². The number of hydrogen-bond acceptors (Lipinski definition) is 8. The number of piperidine rings is 1. The number of hydrogen-bond donors (Lipinski definition) is 6. The Morgan fingerprint density at radius 3 is 2.55 bits per heavy atom. The molecular weight excluding hydrogens is 414 g/mol. The molecule has 182 valence electrons. The third-order valence-electron chi connectivity index (χ3n) is 7.43. The molecule has 0 amide bonds. The molecule has 1 aliphatic carbocycles. The van der Waals surface area contributed by atoms with Crippen LogP contribution in [0.4, 0.5) is 0 Å². The smallest absolute Gasteiger partial charge is 0.217 e. The first-order chi connectivity index (χ1) is 14.7. The second-order valence-electron chi connectivity index (χ2n) is 10.5. The molecule has 0 aromatic rings. The number of rotatable bonds is 10. The van der Waals surface area contributed by atoms with Gasteiger partial charge < -0.3 is 27.4 Å². The molecule has 31 heavy (non-hydrogen) atoms. The van der Waals surface area contributed by atoms with Gasteiger partial charge in [-0.15, -0.1) is 0 Å². The summed E-state index contributed by atoms with van der Waals surface area (Å²) in [5.74, 6) is 0.288. The number of likely N-dealkylation sites (tertiary alicyclic amines) is 1. The zero-order valence-corrected chi connectivity index (χ0v) is 20.4. The first-order valence-electron chi connectivity index (χ1n) is 12.0. The van der Waals surface area contributed by atoms with E-state index >= 15 is 0 Å². The molecule has 10 heteroatoms. The van der Waals surface area contributed by atoms with Crippen LogP contribution in [-0.4, -0.2) is 89.2 Å². The van der Waals surface area contributed by atoms with Gasteiger partial charge in [-0.25, -0.2) is 13.1 Å². The minimum Gasteiger partial charge on any atom is -0.330 e. The lowest BCUT2D eigenvalue weighted by molar-refractivity contribution is -0.0221. The van der Waals surface area contributed by atoms with Crippen molar-refractivity contribution in [2.45, 2.75) is 75.5 Å². The largest absolute Gasteiger partial charge is 0.330 e. The Balaban J connectivity index is 1.52. The first kappa shape index (κ1) is 25.3. The maximum atomic E-state index is 13.1. The minimum atomic E-state index is -3.54. The molecule has 0 bridgehead atoms. The van der Waals surface area contributed by atoms with E-state index in [1.54, 1.807) is 0 Å². The number of nitrogens with zero attached hydrogens (tertiary/aromatic N) is 1. The van der Waals surface area contributed by atoms with E-state index in [4.69, 9.17) is 11.5 Å². The molecule has 8 N–H and O–H groups in total. The van der Waals surface area contributed by atoms with Crippen molar-refractivity contribution in [2.24, 2.45) is 22.8 Å². The highest BCUT2D eigenvalue weighted by molar-refractivity contribution is 7.90. The number of nitrogens with two attached hydrogens (primary N) is 2. The Bertz CT molecular complexity index is 667. The van der Waals surface area contributed by atoms with Crippen molar-refractivity contribution >= 4 is 10.0 Å². The van der Waals surface area contributed by atoms with Crippen molar-refractivity contribution in [2.75, 3.05) is 46.3 Å². The number of nitrogens with one attached hydrogen (secondary N) is 4. The molecule has 0 spiro atoms. The van der Waals surface area contributed by atoms with Crippen LogP contribution in [0.1, 0.15) is 46.0 Å². The SMILES string of the molecule is CNC1C(CN)CCCC1NS(=O)(=O)C(CN)CNC1CC(N2CC(C)(C)C2)CCN1. The Morgan fingerprint density at radius 1 is 1.19 bits per heavy atom. The van der Waals surface area contributed by atoms with Gasteiger partial charge >= 0.3 is 0 Å². The van der Waals surface area contributed by atoms with Gasteiger partial charge in [-0.05, 0) is 57.2 Å². The molecule has 0 radical (unpaired) electrons. The van der Waals surface area contributed by atoms with Crippen LogP contribution < -0.4 is 32.1 Å². The van der Waals surface area contributed by atoms with Crippen LogP contribution in [0.25, 0.3) is 0 Å². The zero-order valence-electron chi connectivity index (χ0n) is 19.6. The summed E-state index contributed by atoms with van der Waals surface area (Å²) in [7, 11) is -1.66. The molecule has 3 rings (SSSR count). The summed E-state index contributed by atoms with van der Waals surface area (Å²) in [6.07, 6.45) is 5.09. The van der Waals surface area contributed by atoms with Crippen LogP contribution in [-0.2, 0) is 10.0 Å². The molecule has 6 atom stereocenters. The fourth-order valence-electron chi connectivity index (χ4n) is 5.72. The second kappa shape index (κ2) is 10.7. The van der Waals surface area contributed by atoms with Gasteiger partial charge in [0.25, 0.3) is 0 Å². The summed E-state index contributed by atoms with van der Waals surface area (Å²) in [5.41, 5.74) is 12.3.